The van der Waals surface area contributed by atoms with Crippen molar-refractivity contribution >= 4 is 34.8 Å². The van der Waals surface area contributed by atoms with E-state index in [0.29, 0.717) is 6.04 Å². The number of anilines is 1. The smallest absolute Gasteiger partial charge is 0.229 e. The molecule has 4 nitrogen and oxygen atoms in total. The first-order chi connectivity index (χ1) is 9.72. The van der Waals surface area contributed by atoms with Crippen LogP contribution < -0.4 is 10.6 Å². The maximum Gasteiger partial charge on any atom is 0.229 e. The van der Waals surface area contributed by atoms with Crippen molar-refractivity contribution in [3.63, 3.8) is 0 Å². The monoisotopic (exact) mass is 329 g/mol. The second-order valence-corrected chi connectivity index (χ2v) is 7.10. The maximum atomic E-state index is 12.3. The quantitative estimate of drug-likeness (QED) is 0.819. The molecule has 0 bridgehead atoms. The molecule has 0 aromatic carbocycles. The first-order valence-corrected chi connectivity index (χ1v) is 8.57. The molecule has 1 aromatic heterocycles. The van der Waals surface area contributed by atoms with E-state index in [4.69, 9.17) is 0 Å². The molecule has 0 saturated carbocycles. The fraction of sp³-hybridized carbons (Fsp3) is 0.733. The summed E-state index contributed by atoms with van der Waals surface area (Å²) in [5.41, 5.74) is 1.22. The van der Waals surface area contributed by atoms with Crippen molar-refractivity contribution in [3.05, 3.63) is 10.6 Å². The number of fused-ring (bicyclic) bond motifs is 1. The van der Waals surface area contributed by atoms with E-state index in [2.05, 4.69) is 22.5 Å². The first kappa shape index (κ1) is 16.7. The summed E-state index contributed by atoms with van der Waals surface area (Å²) in [6.45, 7) is 3.08. The van der Waals surface area contributed by atoms with E-state index in [1.165, 1.54) is 29.8 Å². The summed E-state index contributed by atoms with van der Waals surface area (Å²) in [5.74, 6) is 0.289. The Kier molecular flexibility index (Phi) is 6.02. The fourth-order valence-electron chi connectivity index (χ4n) is 3.16. The minimum Gasteiger partial charge on any atom is -0.314 e. The Bertz CT molecular complexity index is 468. The zero-order valence-electron chi connectivity index (χ0n) is 12.5. The van der Waals surface area contributed by atoms with Crippen molar-refractivity contribution < 1.29 is 4.79 Å². The topological polar surface area (TPSA) is 54.0 Å². The standard InChI is InChI=1S/C15H23N3OS.ClH/c1-10-9-11(7-8-16-10)14(19)18-15-17-12-5-3-2-4-6-13(12)20-15;/h10-11,16H,2-9H2,1H3,(H,17,18,19);1H/t10-,11-;/m0./s1. The van der Waals surface area contributed by atoms with Crippen LogP contribution in [-0.4, -0.2) is 23.5 Å². The van der Waals surface area contributed by atoms with E-state index in [1.54, 1.807) is 11.3 Å². The molecule has 0 radical (unpaired) electrons. The molecular formula is C15H24ClN3OS. The van der Waals surface area contributed by atoms with Crippen molar-refractivity contribution in [1.29, 1.82) is 0 Å². The molecule has 2 aliphatic rings. The van der Waals surface area contributed by atoms with E-state index in [-0.39, 0.29) is 24.2 Å². The Morgan fingerprint density at radius 1 is 1.33 bits per heavy atom. The number of hydrogen-bond acceptors (Lipinski definition) is 4. The molecule has 118 valence electrons. The number of carbonyl (C=O) groups excluding carboxylic acids is 1. The number of halogens is 1. The van der Waals surface area contributed by atoms with Gasteiger partial charge in [0.05, 0.1) is 5.69 Å². The Morgan fingerprint density at radius 3 is 2.95 bits per heavy atom. The highest BCUT2D eigenvalue weighted by Gasteiger charge is 2.25. The average molecular weight is 330 g/mol. The van der Waals surface area contributed by atoms with Crippen molar-refractivity contribution in [2.75, 3.05) is 11.9 Å². The minimum atomic E-state index is 0. The van der Waals surface area contributed by atoms with Gasteiger partial charge in [-0.25, -0.2) is 4.98 Å². The normalized spacial score (nSPS) is 25.4. The van der Waals surface area contributed by atoms with E-state index >= 15 is 0 Å². The Balaban J connectivity index is 0.00000161. The van der Waals surface area contributed by atoms with Gasteiger partial charge in [0.25, 0.3) is 0 Å². The van der Waals surface area contributed by atoms with E-state index in [1.807, 2.05) is 0 Å². The lowest BCUT2D eigenvalue weighted by Gasteiger charge is -2.26. The number of hydrogen-bond donors (Lipinski definition) is 2. The summed E-state index contributed by atoms with van der Waals surface area (Å²) < 4.78 is 0. The van der Waals surface area contributed by atoms with Crippen LogP contribution in [0.5, 0.6) is 0 Å². The van der Waals surface area contributed by atoms with Crippen molar-refractivity contribution in [1.82, 2.24) is 10.3 Å². The fourth-order valence-corrected chi connectivity index (χ4v) is 4.21. The summed E-state index contributed by atoms with van der Waals surface area (Å²) in [6.07, 6.45) is 7.86. The van der Waals surface area contributed by atoms with Crippen molar-refractivity contribution in [3.8, 4) is 0 Å². The number of rotatable bonds is 2. The minimum absolute atomic E-state index is 0. The molecule has 0 spiro atoms. The molecule has 2 N–H and O–H groups in total. The van der Waals surface area contributed by atoms with Gasteiger partial charge in [-0.3, -0.25) is 4.79 Å². The molecule has 1 saturated heterocycles. The van der Waals surface area contributed by atoms with Gasteiger partial charge in [0.2, 0.25) is 5.91 Å². The van der Waals surface area contributed by atoms with E-state index in [9.17, 15) is 4.79 Å². The highest BCUT2D eigenvalue weighted by Crippen LogP contribution is 2.29. The molecule has 21 heavy (non-hydrogen) atoms. The molecule has 1 aromatic rings. The van der Waals surface area contributed by atoms with Crippen LogP contribution in [0.15, 0.2) is 0 Å². The summed E-state index contributed by atoms with van der Waals surface area (Å²) >= 11 is 1.68. The zero-order chi connectivity index (χ0) is 13.9. The summed E-state index contributed by atoms with van der Waals surface area (Å²) in [6, 6.07) is 0.438. The first-order valence-electron chi connectivity index (χ1n) is 7.75. The Morgan fingerprint density at radius 2 is 2.14 bits per heavy atom. The molecule has 3 rings (SSSR count). The lowest BCUT2D eigenvalue weighted by Crippen LogP contribution is -2.40. The zero-order valence-corrected chi connectivity index (χ0v) is 14.1. The molecule has 1 aliphatic carbocycles. The molecular weight excluding hydrogens is 306 g/mol. The van der Waals surface area contributed by atoms with E-state index in [0.717, 1.165) is 37.4 Å². The molecule has 6 heteroatoms. The molecule has 0 unspecified atom stereocenters. The predicted octanol–water partition coefficient (Wildman–Crippen LogP) is 3.16. The molecule has 2 heterocycles. The Labute approximate surface area is 136 Å². The van der Waals surface area contributed by atoms with Crippen LogP contribution in [0.1, 0.15) is 49.6 Å². The van der Waals surface area contributed by atoms with Crippen molar-refractivity contribution in [2.24, 2.45) is 5.92 Å². The van der Waals surface area contributed by atoms with Gasteiger partial charge in [0, 0.05) is 16.8 Å². The predicted molar refractivity (Wildman–Crippen MR) is 89.4 cm³/mol. The van der Waals surface area contributed by atoms with Crippen LogP contribution in [0.25, 0.3) is 0 Å². The second-order valence-electron chi connectivity index (χ2n) is 6.02. The van der Waals surface area contributed by atoms with Gasteiger partial charge in [-0.2, -0.15) is 0 Å². The van der Waals surface area contributed by atoms with Gasteiger partial charge >= 0.3 is 0 Å². The van der Waals surface area contributed by atoms with Crippen LogP contribution in [0.3, 0.4) is 0 Å². The highest BCUT2D eigenvalue weighted by molar-refractivity contribution is 7.15. The van der Waals surface area contributed by atoms with Crippen LogP contribution in [0.4, 0.5) is 5.13 Å². The van der Waals surface area contributed by atoms with Gasteiger partial charge in [-0.1, -0.05) is 6.42 Å². The third-order valence-corrected chi connectivity index (χ3v) is 5.39. The maximum absolute atomic E-state index is 12.3. The number of aromatic nitrogens is 1. The number of aryl methyl sites for hydroxylation is 2. The largest absolute Gasteiger partial charge is 0.314 e. The van der Waals surface area contributed by atoms with Gasteiger partial charge in [-0.05, 0) is 52.0 Å². The number of thiazole rings is 1. The van der Waals surface area contributed by atoms with Crippen LogP contribution in [-0.2, 0) is 17.6 Å². The molecule has 1 aliphatic heterocycles. The van der Waals surface area contributed by atoms with E-state index < -0.39 is 0 Å². The third kappa shape index (κ3) is 4.18. The third-order valence-electron chi connectivity index (χ3n) is 4.32. The van der Waals surface area contributed by atoms with Crippen LogP contribution in [0.2, 0.25) is 0 Å². The van der Waals surface area contributed by atoms with Gasteiger partial charge in [0.15, 0.2) is 5.13 Å². The molecule has 2 atom stereocenters. The Hall–Kier alpha value is -0.650. The number of amides is 1. The highest BCUT2D eigenvalue weighted by atomic mass is 35.5. The molecule has 1 fully saturated rings. The molecule has 1 amide bonds. The number of nitrogens with zero attached hydrogens (tertiary/aromatic N) is 1. The van der Waals surface area contributed by atoms with Gasteiger partial charge in [-0.15, -0.1) is 23.7 Å². The second kappa shape index (κ2) is 7.56. The summed E-state index contributed by atoms with van der Waals surface area (Å²) in [5, 5.41) is 7.25. The summed E-state index contributed by atoms with van der Waals surface area (Å²) in [4.78, 5) is 18.3. The SMILES string of the molecule is C[C@H]1C[C@@H](C(=O)Nc2nc3c(s2)CCCCC3)CCN1.Cl. The van der Waals surface area contributed by atoms with Crippen molar-refractivity contribution in [2.45, 2.75) is 57.9 Å². The van der Waals surface area contributed by atoms with Crippen LogP contribution >= 0.6 is 23.7 Å². The van der Waals surface area contributed by atoms with Crippen LogP contribution in [0, 0.1) is 5.92 Å². The number of carbonyl (C=O) groups is 1. The van der Waals surface area contributed by atoms with Gasteiger partial charge in [0.1, 0.15) is 0 Å². The van der Waals surface area contributed by atoms with Gasteiger partial charge < -0.3 is 10.6 Å². The number of piperidine rings is 1. The lowest BCUT2D eigenvalue weighted by molar-refractivity contribution is -0.120. The lowest BCUT2D eigenvalue weighted by atomic mass is 9.92. The average Bonchev–Trinajstić information content (AvgIpc) is 2.68. The number of nitrogens with one attached hydrogen (secondary N) is 2. The summed E-state index contributed by atoms with van der Waals surface area (Å²) in [7, 11) is 0.